The van der Waals surface area contributed by atoms with Gasteiger partial charge in [0.25, 0.3) is 0 Å². The lowest BCUT2D eigenvalue weighted by atomic mass is 10.1. The maximum atomic E-state index is 12.5. The van der Waals surface area contributed by atoms with E-state index < -0.39 is 0 Å². The van der Waals surface area contributed by atoms with E-state index >= 15 is 0 Å². The van der Waals surface area contributed by atoms with Crippen molar-refractivity contribution in [3.63, 3.8) is 0 Å². The van der Waals surface area contributed by atoms with Crippen LogP contribution >= 0.6 is 0 Å². The second-order valence-electron chi connectivity index (χ2n) is 6.77. The number of carbonyl (C=O) groups is 1. The number of hydrogen-bond acceptors (Lipinski definition) is 5. The number of rotatable bonds is 4. The first-order chi connectivity index (χ1) is 13.1. The molecule has 1 aliphatic rings. The van der Waals surface area contributed by atoms with Gasteiger partial charge in [0.1, 0.15) is 11.5 Å². The maximum absolute atomic E-state index is 12.5. The Kier molecular flexibility index (Phi) is 4.57. The van der Waals surface area contributed by atoms with Crippen LogP contribution in [0.25, 0.3) is 11.5 Å². The highest BCUT2D eigenvalue weighted by Crippen LogP contribution is 2.22. The number of nitrogens with zero attached hydrogens (tertiary/aromatic N) is 5. The molecule has 1 saturated heterocycles. The van der Waals surface area contributed by atoms with E-state index in [1.807, 2.05) is 25.5 Å². The number of nitrogens with one attached hydrogen (secondary N) is 2. The zero-order valence-electron chi connectivity index (χ0n) is 15.4. The molecule has 9 heteroatoms. The molecule has 1 aliphatic heterocycles. The minimum atomic E-state index is -0.234. The largest absolute Gasteiger partial charge is 0.463 e. The van der Waals surface area contributed by atoms with Gasteiger partial charge in [-0.1, -0.05) is 0 Å². The van der Waals surface area contributed by atoms with Crippen LogP contribution in [0.5, 0.6) is 0 Å². The molecule has 0 spiro atoms. The summed E-state index contributed by atoms with van der Waals surface area (Å²) >= 11 is 0. The average Bonchev–Trinajstić information content (AvgIpc) is 3.37. The molecular weight excluding hydrogens is 346 g/mol. The Hall–Kier alpha value is -3.23. The third-order valence-corrected chi connectivity index (χ3v) is 4.71. The quantitative estimate of drug-likeness (QED) is 0.735. The molecule has 1 atom stereocenters. The van der Waals surface area contributed by atoms with Gasteiger partial charge in [0.2, 0.25) is 0 Å². The molecule has 9 nitrogen and oxygen atoms in total. The first kappa shape index (κ1) is 17.2. The van der Waals surface area contributed by atoms with Crippen LogP contribution in [0.15, 0.2) is 41.3 Å². The van der Waals surface area contributed by atoms with Crippen molar-refractivity contribution in [3.8, 4) is 11.5 Å². The van der Waals surface area contributed by atoms with E-state index in [1.54, 1.807) is 34.8 Å². The van der Waals surface area contributed by atoms with E-state index in [0.717, 1.165) is 31.6 Å². The average molecular weight is 369 g/mol. The van der Waals surface area contributed by atoms with E-state index in [9.17, 15) is 4.79 Å². The van der Waals surface area contributed by atoms with E-state index in [0.29, 0.717) is 17.3 Å². The van der Waals surface area contributed by atoms with Crippen molar-refractivity contribution >= 4 is 17.5 Å². The Bertz CT molecular complexity index is 912. The third-order valence-electron chi connectivity index (χ3n) is 4.71. The number of aryl methyl sites for hydroxylation is 2. The summed E-state index contributed by atoms with van der Waals surface area (Å²) in [5, 5.41) is 14.5. The van der Waals surface area contributed by atoms with Gasteiger partial charge in [-0.25, -0.2) is 4.79 Å². The van der Waals surface area contributed by atoms with E-state index in [1.165, 1.54) is 0 Å². The standard InChI is InChI=1S/C18H23N7O2/c1-23-12-14(10-19-23)25-7-3-5-13(11-25)20-18(26)21-17-9-15(22-24(17)2)16-6-4-8-27-16/h4,6,8-10,12-13H,3,5,7,11H2,1-2H3,(H2,20,21,26). The number of piperidine rings is 1. The van der Waals surface area contributed by atoms with Gasteiger partial charge in [-0.3, -0.25) is 14.7 Å². The fourth-order valence-electron chi connectivity index (χ4n) is 3.37. The van der Waals surface area contributed by atoms with Gasteiger partial charge in [0.15, 0.2) is 5.76 Å². The van der Waals surface area contributed by atoms with Crippen LogP contribution in [0.2, 0.25) is 0 Å². The number of amides is 2. The Morgan fingerprint density at radius 3 is 3.00 bits per heavy atom. The second kappa shape index (κ2) is 7.18. The highest BCUT2D eigenvalue weighted by Gasteiger charge is 2.23. The van der Waals surface area contributed by atoms with Gasteiger partial charge in [-0.05, 0) is 25.0 Å². The SMILES string of the molecule is Cn1cc(N2CCCC(NC(=O)Nc3cc(-c4ccco4)nn3C)C2)cn1. The van der Waals surface area contributed by atoms with Gasteiger partial charge in [0, 0.05) is 45.5 Å². The van der Waals surface area contributed by atoms with E-state index in [4.69, 9.17) is 4.42 Å². The maximum Gasteiger partial charge on any atom is 0.320 e. The van der Waals surface area contributed by atoms with Gasteiger partial charge in [0.05, 0.1) is 18.1 Å². The molecule has 142 valence electrons. The molecule has 1 fully saturated rings. The van der Waals surface area contributed by atoms with Crippen molar-refractivity contribution in [2.24, 2.45) is 14.1 Å². The summed E-state index contributed by atoms with van der Waals surface area (Å²) in [4.78, 5) is 14.7. The third kappa shape index (κ3) is 3.81. The molecule has 1 unspecified atom stereocenters. The predicted octanol–water partition coefficient (Wildman–Crippen LogP) is 2.20. The van der Waals surface area contributed by atoms with Crippen molar-refractivity contribution in [2.45, 2.75) is 18.9 Å². The van der Waals surface area contributed by atoms with Crippen molar-refractivity contribution in [2.75, 3.05) is 23.3 Å². The van der Waals surface area contributed by atoms with Crippen molar-refractivity contribution in [3.05, 3.63) is 36.9 Å². The Morgan fingerprint density at radius 2 is 2.26 bits per heavy atom. The van der Waals surface area contributed by atoms with Crippen LogP contribution in [0, 0.1) is 0 Å². The highest BCUT2D eigenvalue weighted by molar-refractivity contribution is 5.89. The van der Waals surface area contributed by atoms with Gasteiger partial charge in [-0.15, -0.1) is 0 Å². The van der Waals surface area contributed by atoms with Crippen LogP contribution in [0.1, 0.15) is 12.8 Å². The number of carbonyl (C=O) groups excluding carboxylic acids is 1. The summed E-state index contributed by atoms with van der Waals surface area (Å²) in [7, 11) is 3.69. The molecule has 2 amide bonds. The van der Waals surface area contributed by atoms with Crippen molar-refractivity contribution in [1.29, 1.82) is 0 Å². The fourth-order valence-corrected chi connectivity index (χ4v) is 3.37. The second-order valence-corrected chi connectivity index (χ2v) is 6.77. The van der Waals surface area contributed by atoms with Gasteiger partial charge >= 0.3 is 6.03 Å². The Labute approximate surface area is 156 Å². The lowest BCUT2D eigenvalue weighted by Gasteiger charge is -2.33. The fraction of sp³-hybridized carbons (Fsp3) is 0.389. The zero-order chi connectivity index (χ0) is 18.8. The monoisotopic (exact) mass is 369 g/mol. The molecule has 3 aromatic heterocycles. The summed E-state index contributed by atoms with van der Waals surface area (Å²) in [6.07, 6.45) is 7.42. The first-order valence-corrected chi connectivity index (χ1v) is 8.97. The molecule has 27 heavy (non-hydrogen) atoms. The smallest absolute Gasteiger partial charge is 0.320 e. The summed E-state index contributed by atoms with van der Waals surface area (Å²) in [6, 6.07) is 5.28. The van der Waals surface area contributed by atoms with Crippen LogP contribution in [-0.4, -0.2) is 44.7 Å². The molecule has 4 heterocycles. The predicted molar refractivity (Wildman–Crippen MR) is 102 cm³/mol. The highest BCUT2D eigenvalue weighted by atomic mass is 16.3. The molecule has 0 bridgehead atoms. The van der Waals surface area contributed by atoms with Crippen molar-refractivity contribution < 1.29 is 9.21 Å². The molecular formula is C18H23N7O2. The Morgan fingerprint density at radius 1 is 1.37 bits per heavy atom. The number of urea groups is 1. The van der Waals surface area contributed by atoms with Gasteiger partial charge < -0.3 is 14.6 Å². The number of hydrogen-bond donors (Lipinski definition) is 2. The lowest BCUT2D eigenvalue weighted by Crippen LogP contribution is -2.49. The number of anilines is 2. The summed E-state index contributed by atoms with van der Waals surface area (Å²) < 4.78 is 8.77. The van der Waals surface area contributed by atoms with Crippen LogP contribution in [-0.2, 0) is 14.1 Å². The van der Waals surface area contributed by atoms with Gasteiger partial charge in [-0.2, -0.15) is 10.2 Å². The van der Waals surface area contributed by atoms with E-state index in [2.05, 4.69) is 25.7 Å². The first-order valence-electron chi connectivity index (χ1n) is 8.97. The summed E-state index contributed by atoms with van der Waals surface area (Å²) in [5.41, 5.74) is 1.76. The molecule has 0 aromatic carbocycles. The molecule has 3 aromatic rings. The van der Waals surface area contributed by atoms with Crippen molar-refractivity contribution in [1.82, 2.24) is 24.9 Å². The molecule has 0 aliphatic carbocycles. The molecule has 0 saturated carbocycles. The van der Waals surface area contributed by atoms with Crippen LogP contribution in [0.4, 0.5) is 16.3 Å². The summed E-state index contributed by atoms with van der Waals surface area (Å²) in [5.74, 6) is 1.28. The molecule has 4 rings (SSSR count). The Balaban J connectivity index is 1.36. The number of aromatic nitrogens is 4. The normalized spacial score (nSPS) is 17.1. The van der Waals surface area contributed by atoms with E-state index in [-0.39, 0.29) is 12.1 Å². The van der Waals surface area contributed by atoms with Crippen LogP contribution in [0.3, 0.4) is 0 Å². The topological polar surface area (TPSA) is 93.1 Å². The number of furan rings is 1. The minimum absolute atomic E-state index is 0.0803. The summed E-state index contributed by atoms with van der Waals surface area (Å²) in [6.45, 7) is 1.74. The minimum Gasteiger partial charge on any atom is -0.463 e. The van der Waals surface area contributed by atoms with Crippen LogP contribution < -0.4 is 15.5 Å². The lowest BCUT2D eigenvalue weighted by molar-refractivity contribution is 0.246. The molecule has 0 radical (unpaired) electrons. The zero-order valence-corrected chi connectivity index (χ0v) is 15.4. The molecule has 2 N–H and O–H groups in total.